The van der Waals surface area contributed by atoms with Crippen molar-refractivity contribution in [1.82, 2.24) is 0 Å². The van der Waals surface area contributed by atoms with Crippen molar-refractivity contribution in [3.8, 4) is 0 Å². The Kier molecular flexibility index (Phi) is 147. The van der Waals surface area contributed by atoms with Crippen molar-refractivity contribution in [2.75, 3.05) is 0 Å². The van der Waals surface area contributed by atoms with Crippen LogP contribution in [0.4, 0.5) is 0 Å². The second-order valence-electron chi connectivity index (χ2n) is 0. The van der Waals surface area contributed by atoms with Crippen molar-refractivity contribution in [2.45, 2.75) is 0 Å². The molecule has 0 aliphatic heterocycles. The molecular formula is H8CdGaGeInO. The average Bonchev–Trinajstić information content (AvgIpc) is 1.00. The first kappa shape index (κ1) is 25.1. The molecule has 0 N–H and O–H groups in total. The standard InChI is InChI=1S/Cd.Ga.GeH2O.In.6H/c;;1-2;;;;;;;/h;;1H2;;;;;;;. The van der Waals surface area contributed by atoms with Gasteiger partial charge in [0.25, 0.3) is 0 Å². The summed E-state index contributed by atoms with van der Waals surface area (Å²) < 4.78 is 8.38. The van der Waals surface area contributed by atoms with E-state index in [0.717, 1.165) is 0 Å². The Morgan fingerprint density at radius 2 is 1.20 bits per heavy atom. The molecule has 0 bridgehead atoms. The second-order valence-corrected chi connectivity index (χ2v) is 0. The van der Waals surface area contributed by atoms with Gasteiger partial charge < -0.3 is 0 Å². The minimum atomic E-state index is 0. The molecule has 0 fully saturated rings. The molecule has 1 nitrogen and oxygen atoms in total. The van der Waals surface area contributed by atoms with Crippen molar-refractivity contribution in [2.24, 2.45) is 0 Å². The molecule has 5 heavy (non-hydrogen) atoms. The van der Waals surface area contributed by atoms with E-state index >= 15 is 0 Å². The molecule has 0 amide bonds. The fourth-order valence-electron chi connectivity index (χ4n) is 0. The summed E-state index contributed by atoms with van der Waals surface area (Å²) in [6.45, 7) is 0. The SMILES string of the molecule is [Cd].[GaH3].[InH3].[O]=[GeH2]. The Balaban J connectivity index is -0.00000000167. The summed E-state index contributed by atoms with van der Waals surface area (Å²) in [5, 5.41) is 0. The Bertz CT molecular complexity index is 11.6. The van der Waals surface area contributed by atoms with Crippen LogP contribution in [0.2, 0.25) is 0 Å². The first-order chi connectivity index (χ1) is 1.00. The zero-order valence-electron chi connectivity index (χ0n) is 1.82. The molecule has 0 rings (SSSR count). The van der Waals surface area contributed by atoms with Gasteiger partial charge in [0.1, 0.15) is 0 Å². The number of hydrogen-bond acceptors (Lipinski definition) is 1. The summed E-state index contributed by atoms with van der Waals surface area (Å²) in [6, 6.07) is 0. The Hall–Kier alpha value is 2.77. The van der Waals surface area contributed by atoms with E-state index in [2.05, 4.69) is 0 Å². The van der Waals surface area contributed by atoms with E-state index in [0.29, 0.717) is 0 Å². The van der Waals surface area contributed by atoms with E-state index in [9.17, 15) is 0 Å². The van der Waals surface area contributed by atoms with Crippen molar-refractivity contribution >= 4 is 62.1 Å². The molecule has 0 heterocycles. The quantitative estimate of drug-likeness (QED) is 0.392. The fraction of sp³-hybridized carbons (Fsp3) is 0. The van der Waals surface area contributed by atoms with Gasteiger partial charge in [0.2, 0.25) is 0 Å². The molecular weight excluding hydrogens is 386 g/mol. The molecule has 0 aromatic rings. The van der Waals surface area contributed by atoms with Gasteiger partial charge in [0.15, 0.2) is 0 Å². The van der Waals surface area contributed by atoms with Crippen molar-refractivity contribution < 1.29 is 31.1 Å². The van der Waals surface area contributed by atoms with Crippen LogP contribution in [0.1, 0.15) is 0 Å². The van der Waals surface area contributed by atoms with Crippen molar-refractivity contribution in [3.63, 3.8) is 0 Å². The molecule has 0 radical (unpaired) electrons. The van der Waals surface area contributed by atoms with Crippen molar-refractivity contribution in [1.29, 1.82) is 0 Å². The van der Waals surface area contributed by atoms with E-state index in [1.165, 1.54) is 0 Å². The first-order valence-electron chi connectivity index (χ1n) is 0.289. The molecule has 26 valence electrons. The van der Waals surface area contributed by atoms with Gasteiger partial charge in [-0.15, -0.1) is 0 Å². The van der Waals surface area contributed by atoms with Gasteiger partial charge in [0.05, 0.1) is 0 Å². The van der Waals surface area contributed by atoms with Gasteiger partial charge in [0, 0.05) is 27.3 Å². The van der Waals surface area contributed by atoms with Gasteiger partial charge in [-0.05, 0) is 0 Å². The average molecular weight is 394 g/mol. The Labute approximate surface area is 91.5 Å². The van der Waals surface area contributed by atoms with Gasteiger partial charge in [-0.1, -0.05) is 0 Å². The molecule has 5 heteroatoms. The van der Waals surface area contributed by atoms with Gasteiger partial charge in [-0.2, -0.15) is 0 Å². The van der Waals surface area contributed by atoms with E-state index in [1.54, 1.807) is 0 Å². The normalized spacial score (nSPS) is 0.800. The van der Waals surface area contributed by atoms with Crippen LogP contribution >= 0.6 is 0 Å². The maximum absolute atomic E-state index is 8.38. The number of rotatable bonds is 0. The molecule has 0 aromatic carbocycles. The summed E-state index contributed by atoms with van der Waals surface area (Å²) in [4.78, 5) is 0. The van der Waals surface area contributed by atoms with Gasteiger partial charge in [-0.3, -0.25) is 0 Å². The van der Waals surface area contributed by atoms with E-state index in [4.69, 9.17) is 3.78 Å². The van der Waals surface area contributed by atoms with E-state index < -0.39 is 0 Å². The third kappa shape index (κ3) is 20.1. The van der Waals surface area contributed by atoms with Crippen molar-refractivity contribution in [3.05, 3.63) is 0 Å². The minimum absolute atomic E-state index is 0. The first-order valence-corrected chi connectivity index (χ1v) is 1.50. The zero-order valence-corrected chi connectivity index (χ0v) is 8.83. The van der Waals surface area contributed by atoms with Gasteiger partial charge in [-0.25, -0.2) is 0 Å². The van der Waals surface area contributed by atoms with Crippen LogP contribution in [0, 0.1) is 0 Å². The number of hydrogen-bond donors (Lipinski definition) is 0. The summed E-state index contributed by atoms with van der Waals surface area (Å²) in [7, 11) is 0. The van der Waals surface area contributed by atoms with Crippen LogP contribution in [-0.2, 0) is 31.1 Å². The molecule has 0 atom stereocenters. The van der Waals surface area contributed by atoms with E-state index in [1.807, 2.05) is 0 Å². The Morgan fingerprint density at radius 3 is 1.20 bits per heavy atom. The molecule has 0 saturated carbocycles. The molecule has 0 unspecified atom stereocenters. The maximum atomic E-state index is 8.38. The van der Waals surface area contributed by atoms with Crippen LogP contribution in [0.5, 0.6) is 0 Å². The van der Waals surface area contributed by atoms with E-state index in [-0.39, 0.29) is 89.4 Å². The zero-order chi connectivity index (χ0) is 2.00. The fourth-order valence-corrected chi connectivity index (χ4v) is 0. The van der Waals surface area contributed by atoms with Crippen LogP contribution in [0.25, 0.3) is 0 Å². The van der Waals surface area contributed by atoms with Crippen LogP contribution in [-0.4, -0.2) is 62.1 Å². The summed E-state index contributed by atoms with van der Waals surface area (Å²) in [5.74, 6) is 0. The van der Waals surface area contributed by atoms with Gasteiger partial charge >= 0.3 is 65.9 Å². The topological polar surface area (TPSA) is 17.1 Å². The monoisotopic (exact) mass is 396 g/mol. The Morgan fingerprint density at radius 1 is 1.20 bits per heavy atom. The van der Waals surface area contributed by atoms with Crippen LogP contribution in [0.3, 0.4) is 0 Å². The molecule has 0 aliphatic carbocycles. The third-order valence-electron chi connectivity index (χ3n) is 0. The molecule has 0 aliphatic rings. The summed E-state index contributed by atoms with van der Waals surface area (Å²) >= 11 is 0.125. The summed E-state index contributed by atoms with van der Waals surface area (Å²) in [6.07, 6.45) is 0. The van der Waals surface area contributed by atoms with Crippen LogP contribution in [0.15, 0.2) is 0 Å². The molecule has 0 saturated heterocycles. The molecule has 0 aromatic heterocycles. The predicted molar refractivity (Wildman–Crippen MR) is 29.1 cm³/mol. The third-order valence-corrected chi connectivity index (χ3v) is 0. The van der Waals surface area contributed by atoms with Crippen LogP contribution < -0.4 is 0 Å². The second kappa shape index (κ2) is 29.4. The predicted octanol–water partition coefficient (Wildman–Crippen LogP) is -3.41. The molecule has 0 spiro atoms. The summed E-state index contributed by atoms with van der Waals surface area (Å²) in [5.41, 5.74) is 0.